The Bertz CT molecular complexity index is 492. The van der Waals surface area contributed by atoms with E-state index in [9.17, 15) is 9.59 Å². The van der Waals surface area contributed by atoms with E-state index in [4.69, 9.17) is 0 Å². The van der Waals surface area contributed by atoms with Gasteiger partial charge in [0.2, 0.25) is 5.91 Å². The average Bonchev–Trinajstić information content (AvgIpc) is 2.47. The van der Waals surface area contributed by atoms with E-state index in [0.717, 1.165) is 25.1 Å². The third kappa shape index (κ3) is 4.44. The Balaban J connectivity index is 1.89. The molecule has 2 heterocycles. The minimum absolute atomic E-state index is 0.0483. The van der Waals surface area contributed by atoms with Crippen molar-refractivity contribution in [1.29, 1.82) is 0 Å². The molecular formula is C15H22N4O2. The first-order chi connectivity index (χ1) is 10.1. The van der Waals surface area contributed by atoms with Gasteiger partial charge in [0.25, 0.3) is 0 Å². The molecular weight excluding hydrogens is 268 g/mol. The molecule has 1 saturated heterocycles. The third-order valence-electron chi connectivity index (χ3n) is 3.59. The van der Waals surface area contributed by atoms with E-state index in [-0.39, 0.29) is 24.0 Å². The van der Waals surface area contributed by atoms with Crippen LogP contribution in [0.1, 0.15) is 38.4 Å². The summed E-state index contributed by atoms with van der Waals surface area (Å²) in [5.74, 6) is -0.0517. The van der Waals surface area contributed by atoms with Gasteiger partial charge in [-0.3, -0.25) is 9.78 Å². The van der Waals surface area contributed by atoms with Crippen LogP contribution in [-0.2, 0) is 4.79 Å². The summed E-state index contributed by atoms with van der Waals surface area (Å²) in [7, 11) is 0. The summed E-state index contributed by atoms with van der Waals surface area (Å²) >= 11 is 0. The van der Waals surface area contributed by atoms with E-state index >= 15 is 0 Å². The fraction of sp³-hybridized carbons (Fsp3) is 0.533. The Morgan fingerprint density at radius 2 is 2.24 bits per heavy atom. The molecule has 0 aliphatic carbocycles. The van der Waals surface area contributed by atoms with Crippen molar-refractivity contribution >= 4 is 11.9 Å². The Kier molecular flexibility index (Phi) is 5.14. The fourth-order valence-corrected chi connectivity index (χ4v) is 2.55. The van der Waals surface area contributed by atoms with Gasteiger partial charge in [0.05, 0.1) is 11.7 Å². The molecule has 2 rings (SSSR count). The molecule has 1 aromatic rings. The number of likely N-dealkylation sites (tertiary alicyclic amines) is 1. The summed E-state index contributed by atoms with van der Waals surface area (Å²) in [5, 5.41) is 5.83. The molecule has 0 saturated carbocycles. The Labute approximate surface area is 124 Å². The molecule has 6 heteroatoms. The van der Waals surface area contributed by atoms with E-state index in [1.165, 1.54) is 6.92 Å². The zero-order valence-electron chi connectivity index (χ0n) is 12.5. The second kappa shape index (κ2) is 7.06. The van der Waals surface area contributed by atoms with Crippen LogP contribution < -0.4 is 10.6 Å². The first kappa shape index (κ1) is 15.3. The Morgan fingerprint density at radius 1 is 1.43 bits per heavy atom. The van der Waals surface area contributed by atoms with Gasteiger partial charge in [-0.15, -0.1) is 0 Å². The number of carbonyl (C=O) groups is 2. The number of nitrogens with zero attached hydrogens (tertiary/aromatic N) is 2. The molecule has 1 aliphatic rings. The van der Waals surface area contributed by atoms with E-state index in [0.29, 0.717) is 6.54 Å². The average molecular weight is 290 g/mol. The highest BCUT2D eigenvalue weighted by Gasteiger charge is 2.25. The lowest BCUT2D eigenvalue weighted by molar-refractivity contribution is -0.119. The summed E-state index contributed by atoms with van der Waals surface area (Å²) in [5.41, 5.74) is 0.835. The number of aromatic nitrogens is 1. The number of urea groups is 1. The van der Waals surface area contributed by atoms with E-state index < -0.39 is 0 Å². The number of piperidine rings is 1. The normalized spacial score (nSPS) is 19.7. The van der Waals surface area contributed by atoms with Crippen LogP contribution in [0.5, 0.6) is 0 Å². The van der Waals surface area contributed by atoms with Gasteiger partial charge in [0.15, 0.2) is 0 Å². The fourth-order valence-electron chi connectivity index (χ4n) is 2.55. The number of hydrogen-bond acceptors (Lipinski definition) is 3. The maximum absolute atomic E-state index is 12.3. The van der Waals surface area contributed by atoms with Crippen LogP contribution in [0.25, 0.3) is 0 Å². The summed E-state index contributed by atoms with van der Waals surface area (Å²) in [6.45, 7) is 4.69. The lowest BCUT2D eigenvalue weighted by atomic mass is 10.1. The van der Waals surface area contributed by atoms with Crippen LogP contribution in [0, 0.1) is 0 Å². The highest BCUT2D eigenvalue weighted by molar-refractivity contribution is 5.75. The van der Waals surface area contributed by atoms with Crippen molar-refractivity contribution in [1.82, 2.24) is 20.5 Å². The topological polar surface area (TPSA) is 74.3 Å². The van der Waals surface area contributed by atoms with Crippen LogP contribution in [0.3, 0.4) is 0 Å². The SMILES string of the molecule is CC(=O)NC1CCCN(C(=O)NC(C)c2ccccn2)C1. The van der Waals surface area contributed by atoms with Crippen molar-refractivity contribution in [3.63, 3.8) is 0 Å². The Hall–Kier alpha value is -2.11. The molecule has 3 amide bonds. The molecule has 0 radical (unpaired) electrons. The zero-order chi connectivity index (χ0) is 15.2. The second-order valence-electron chi connectivity index (χ2n) is 5.41. The summed E-state index contributed by atoms with van der Waals surface area (Å²) in [6.07, 6.45) is 3.53. The van der Waals surface area contributed by atoms with E-state index in [2.05, 4.69) is 15.6 Å². The van der Waals surface area contributed by atoms with Gasteiger partial charge in [-0.1, -0.05) is 6.07 Å². The number of rotatable bonds is 3. The molecule has 1 aliphatic heterocycles. The molecule has 0 spiro atoms. The molecule has 21 heavy (non-hydrogen) atoms. The van der Waals surface area contributed by atoms with Gasteiger partial charge in [-0.05, 0) is 31.9 Å². The third-order valence-corrected chi connectivity index (χ3v) is 3.59. The van der Waals surface area contributed by atoms with Gasteiger partial charge < -0.3 is 15.5 Å². The summed E-state index contributed by atoms with van der Waals surface area (Å²) in [6, 6.07) is 5.44. The van der Waals surface area contributed by atoms with Crippen molar-refractivity contribution in [2.75, 3.05) is 13.1 Å². The van der Waals surface area contributed by atoms with Crippen molar-refractivity contribution in [2.45, 2.75) is 38.8 Å². The van der Waals surface area contributed by atoms with Crippen LogP contribution in [0.15, 0.2) is 24.4 Å². The van der Waals surface area contributed by atoms with Crippen LogP contribution in [0.2, 0.25) is 0 Å². The number of nitrogens with one attached hydrogen (secondary N) is 2. The minimum atomic E-state index is -0.139. The zero-order valence-corrected chi connectivity index (χ0v) is 12.5. The van der Waals surface area contributed by atoms with Gasteiger partial charge in [-0.2, -0.15) is 0 Å². The Morgan fingerprint density at radius 3 is 2.90 bits per heavy atom. The molecule has 2 atom stereocenters. The quantitative estimate of drug-likeness (QED) is 0.885. The first-order valence-electron chi connectivity index (χ1n) is 7.29. The van der Waals surface area contributed by atoms with E-state index in [1.54, 1.807) is 11.1 Å². The van der Waals surface area contributed by atoms with Crippen LogP contribution >= 0.6 is 0 Å². The van der Waals surface area contributed by atoms with Crippen molar-refractivity contribution in [2.24, 2.45) is 0 Å². The highest BCUT2D eigenvalue weighted by atomic mass is 16.2. The number of pyridine rings is 1. The van der Waals surface area contributed by atoms with Crippen LogP contribution in [0.4, 0.5) is 4.79 Å². The number of amides is 3. The molecule has 0 aromatic carbocycles. The van der Waals surface area contributed by atoms with Crippen molar-refractivity contribution < 1.29 is 9.59 Å². The smallest absolute Gasteiger partial charge is 0.317 e. The van der Waals surface area contributed by atoms with Crippen LogP contribution in [-0.4, -0.2) is 41.0 Å². The van der Waals surface area contributed by atoms with E-state index in [1.807, 2.05) is 25.1 Å². The minimum Gasteiger partial charge on any atom is -0.352 e. The largest absolute Gasteiger partial charge is 0.352 e. The molecule has 2 unspecified atom stereocenters. The van der Waals surface area contributed by atoms with Crippen molar-refractivity contribution in [3.8, 4) is 0 Å². The molecule has 1 fully saturated rings. The number of hydrogen-bond donors (Lipinski definition) is 2. The predicted molar refractivity (Wildman–Crippen MR) is 79.6 cm³/mol. The molecule has 2 N–H and O–H groups in total. The molecule has 114 valence electrons. The predicted octanol–water partition coefficient (Wildman–Crippen LogP) is 1.45. The monoisotopic (exact) mass is 290 g/mol. The van der Waals surface area contributed by atoms with Gasteiger partial charge in [-0.25, -0.2) is 4.79 Å². The lowest BCUT2D eigenvalue weighted by Crippen LogP contribution is -2.52. The standard InChI is InChI=1S/C15H22N4O2/c1-11(14-7-3-4-8-16-14)17-15(21)19-9-5-6-13(10-19)18-12(2)20/h3-4,7-8,11,13H,5-6,9-10H2,1-2H3,(H,17,21)(H,18,20). The highest BCUT2D eigenvalue weighted by Crippen LogP contribution is 2.13. The van der Waals surface area contributed by atoms with Gasteiger partial charge in [0.1, 0.15) is 0 Å². The lowest BCUT2D eigenvalue weighted by Gasteiger charge is -2.33. The maximum Gasteiger partial charge on any atom is 0.317 e. The molecule has 0 bridgehead atoms. The molecule has 6 nitrogen and oxygen atoms in total. The van der Waals surface area contributed by atoms with Gasteiger partial charge >= 0.3 is 6.03 Å². The number of carbonyl (C=O) groups excluding carboxylic acids is 2. The first-order valence-corrected chi connectivity index (χ1v) is 7.29. The summed E-state index contributed by atoms with van der Waals surface area (Å²) in [4.78, 5) is 29.4. The second-order valence-corrected chi connectivity index (χ2v) is 5.41. The maximum atomic E-state index is 12.3. The van der Waals surface area contributed by atoms with Crippen molar-refractivity contribution in [3.05, 3.63) is 30.1 Å². The van der Waals surface area contributed by atoms with Gasteiger partial charge in [0, 0.05) is 32.3 Å². The summed E-state index contributed by atoms with van der Waals surface area (Å²) < 4.78 is 0. The molecule has 1 aromatic heterocycles.